The Morgan fingerprint density at radius 1 is 1.22 bits per heavy atom. The summed E-state index contributed by atoms with van der Waals surface area (Å²) < 4.78 is 5.38. The molecule has 7 heteroatoms. The lowest BCUT2D eigenvalue weighted by Gasteiger charge is -2.24. The predicted molar refractivity (Wildman–Crippen MR) is 115 cm³/mol. The number of nitrogens with zero attached hydrogens (tertiary/aromatic N) is 2. The quantitative estimate of drug-likeness (QED) is 0.548. The lowest BCUT2D eigenvalue weighted by atomic mass is 10.1. The molecule has 1 rings (SSSR count). The summed E-state index contributed by atoms with van der Waals surface area (Å²) in [7, 11) is 3.52. The molecule has 0 aliphatic rings. The number of carbonyl (C=O) groups is 1. The predicted octanol–water partition coefficient (Wildman–Crippen LogP) is 3.47. The number of guanidine groups is 1. The van der Waals surface area contributed by atoms with Gasteiger partial charge in [-0.3, -0.25) is 4.99 Å². The van der Waals surface area contributed by atoms with Crippen LogP contribution in [0.5, 0.6) is 0 Å². The maximum Gasteiger partial charge on any atom is 0.410 e. The first-order valence-corrected chi connectivity index (χ1v) is 10.4. The van der Waals surface area contributed by atoms with Gasteiger partial charge in [-0.25, -0.2) is 4.79 Å². The van der Waals surface area contributed by atoms with Crippen LogP contribution in [0.4, 0.5) is 4.79 Å². The molecule has 6 nitrogen and oxygen atoms in total. The van der Waals surface area contributed by atoms with Crippen molar-refractivity contribution in [1.82, 2.24) is 15.5 Å². The SMILES string of the molecule is CN=C(NCc1ccc(CN(C)C(=O)OC(C)(C)C)cc1)NCC(C)SC. The Morgan fingerprint density at radius 2 is 1.81 bits per heavy atom. The molecule has 1 aromatic carbocycles. The minimum Gasteiger partial charge on any atom is -0.444 e. The Labute approximate surface area is 168 Å². The molecule has 0 bridgehead atoms. The van der Waals surface area contributed by atoms with Crippen molar-refractivity contribution < 1.29 is 9.53 Å². The molecule has 0 radical (unpaired) electrons. The van der Waals surface area contributed by atoms with Crippen LogP contribution in [-0.4, -0.2) is 54.7 Å². The summed E-state index contributed by atoms with van der Waals surface area (Å²) in [5.41, 5.74) is 1.73. The summed E-state index contributed by atoms with van der Waals surface area (Å²) in [5.74, 6) is 0.796. The average molecular weight is 395 g/mol. The number of benzene rings is 1. The van der Waals surface area contributed by atoms with Gasteiger partial charge in [-0.15, -0.1) is 0 Å². The van der Waals surface area contributed by atoms with E-state index in [-0.39, 0.29) is 6.09 Å². The van der Waals surface area contributed by atoms with Gasteiger partial charge in [0, 0.05) is 39.0 Å². The van der Waals surface area contributed by atoms with Gasteiger partial charge in [0.1, 0.15) is 5.60 Å². The molecule has 27 heavy (non-hydrogen) atoms. The largest absolute Gasteiger partial charge is 0.444 e. The third kappa shape index (κ3) is 9.56. The highest BCUT2D eigenvalue weighted by Crippen LogP contribution is 2.12. The number of carbonyl (C=O) groups excluding carboxylic acids is 1. The summed E-state index contributed by atoms with van der Waals surface area (Å²) >= 11 is 1.82. The van der Waals surface area contributed by atoms with Gasteiger partial charge in [0.15, 0.2) is 5.96 Å². The summed E-state index contributed by atoms with van der Waals surface area (Å²) in [6.07, 6.45) is 1.78. The fourth-order valence-electron chi connectivity index (χ4n) is 2.17. The van der Waals surface area contributed by atoms with Gasteiger partial charge in [-0.1, -0.05) is 31.2 Å². The molecular weight excluding hydrogens is 360 g/mol. The number of hydrogen-bond donors (Lipinski definition) is 2. The van der Waals surface area contributed by atoms with Crippen molar-refractivity contribution in [2.45, 2.75) is 51.6 Å². The molecule has 0 heterocycles. The van der Waals surface area contributed by atoms with Gasteiger partial charge >= 0.3 is 6.09 Å². The highest BCUT2D eigenvalue weighted by atomic mass is 32.2. The van der Waals surface area contributed by atoms with Crippen molar-refractivity contribution in [2.75, 3.05) is 26.9 Å². The van der Waals surface area contributed by atoms with E-state index in [2.05, 4.69) is 40.9 Å². The van der Waals surface area contributed by atoms with Crippen LogP contribution < -0.4 is 10.6 Å². The van der Waals surface area contributed by atoms with E-state index in [1.165, 1.54) is 0 Å². The Morgan fingerprint density at radius 3 is 2.33 bits per heavy atom. The van der Waals surface area contributed by atoms with E-state index in [1.54, 1.807) is 19.0 Å². The summed E-state index contributed by atoms with van der Waals surface area (Å²) in [6, 6.07) is 8.18. The van der Waals surface area contributed by atoms with Gasteiger partial charge in [-0.05, 0) is 38.2 Å². The third-order valence-corrected chi connectivity index (χ3v) is 4.76. The van der Waals surface area contributed by atoms with E-state index in [0.29, 0.717) is 18.3 Å². The Balaban J connectivity index is 2.50. The van der Waals surface area contributed by atoms with Crippen LogP contribution in [0.25, 0.3) is 0 Å². The second-order valence-electron chi connectivity index (χ2n) is 7.51. The van der Waals surface area contributed by atoms with Crippen LogP contribution in [0.2, 0.25) is 0 Å². The van der Waals surface area contributed by atoms with Crippen LogP contribution in [0, 0.1) is 0 Å². The number of rotatable bonds is 7. The van der Waals surface area contributed by atoms with Crippen LogP contribution in [0.3, 0.4) is 0 Å². The fourth-order valence-corrected chi connectivity index (χ4v) is 2.42. The van der Waals surface area contributed by atoms with Crippen molar-refractivity contribution in [3.8, 4) is 0 Å². The lowest BCUT2D eigenvalue weighted by molar-refractivity contribution is 0.0285. The molecule has 0 fully saturated rings. The molecule has 0 aliphatic carbocycles. The first kappa shape index (κ1) is 23.1. The molecule has 0 aliphatic heterocycles. The number of aliphatic imine (C=N–C) groups is 1. The lowest BCUT2D eigenvalue weighted by Crippen LogP contribution is -2.39. The van der Waals surface area contributed by atoms with Crippen LogP contribution in [0.1, 0.15) is 38.8 Å². The summed E-state index contributed by atoms with van der Waals surface area (Å²) in [6.45, 7) is 9.85. The number of nitrogens with one attached hydrogen (secondary N) is 2. The van der Waals surface area contributed by atoms with E-state index in [0.717, 1.165) is 23.6 Å². The van der Waals surface area contributed by atoms with Crippen molar-refractivity contribution in [3.63, 3.8) is 0 Å². The molecule has 1 aromatic rings. The zero-order valence-electron chi connectivity index (χ0n) is 17.6. The molecule has 2 N–H and O–H groups in total. The minimum absolute atomic E-state index is 0.317. The normalized spacial score (nSPS) is 13.1. The zero-order valence-corrected chi connectivity index (χ0v) is 18.4. The standard InChI is InChI=1S/C20H34N4O2S/c1-15(27-7)12-22-18(21-5)23-13-16-8-10-17(11-9-16)14-24(6)19(25)26-20(2,3)4/h8-11,15H,12-14H2,1-7H3,(H2,21,22,23). The highest BCUT2D eigenvalue weighted by Gasteiger charge is 2.19. The molecule has 1 unspecified atom stereocenters. The van der Waals surface area contributed by atoms with Gasteiger partial charge in [0.05, 0.1) is 0 Å². The van der Waals surface area contributed by atoms with Crippen molar-refractivity contribution in [3.05, 3.63) is 35.4 Å². The number of hydrogen-bond acceptors (Lipinski definition) is 4. The molecule has 152 valence electrons. The first-order valence-electron chi connectivity index (χ1n) is 9.14. The monoisotopic (exact) mass is 394 g/mol. The second kappa shape index (κ2) is 11.1. The van der Waals surface area contributed by atoms with Gasteiger partial charge < -0.3 is 20.3 Å². The topological polar surface area (TPSA) is 66.0 Å². The van der Waals surface area contributed by atoms with Gasteiger partial charge in [0.25, 0.3) is 0 Å². The Bertz CT molecular complexity index is 611. The van der Waals surface area contributed by atoms with Crippen LogP contribution >= 0.6 is 11.8 Å². The fraction of sp³-hybridized carbons (Fsp3) is 0.600. The molecule has 0 saturated carbocycles. The first-order chi connectivity index (χ1) is 12.6. The number of ether oxygens (including phenoxy) is 1. The number of amides is 1. The van der Waals surface area contributed by atoms with E-state index in [4.69, 9.17) is 4.74 Å². The maximum absolute atomic E-state index is 12.0. The molecule has 1 amide bonds. The van der Waals surface area contributed by atoms with Gasteiger partial charge in [-0.2, -0.15) is 11.8 Å². The highest BCUT2D eigenvalue weighted by molar-refractivity contribution is 7.99. The number of thioether (sulfide) groups is 1. The van der Waals surface area contributed by atoms with Crippen molar-refractivity contribution >= 4 is 23.8 Å². The zero-order chi connectivity index (χ0) is 20.4. The summed E-state index contributed by atoms with van der Waals surface area (Å²) in [5, 5.41) is 7.17. The van der Waals surface area contributed by atoms with Crippen LogP contribution in [0.15, 0.2) is 29.3 Å². The van der Waals surface area contributed by atoms with Crippen LogP contribution in [-0.2, 0) is 17.8 Å². The molecular formula is C20H34N4O2S. The Kier molecular flexibility index (Phi) is 9.49. The average Bonchev–Trinajstić information content (AvgIpc) is 2.61. The smallest absolute Gasteiger partial charge is 0.410 e. The van der Waals surface area contributed by atoms with Gasteiger partial charge in [0.2, 0.25) is 0 Å². The molecule has 0 spiro atoms. The van der Waals surface area contributed by atoms with E-state index >= 15 is 0 Å². The van der Waals surface area contributed by atoms with E-state index in [9.17, 15) is 4.79 Å². The minimum atomic E-state index is -0.485. The summed E-state index contributed by atoms with van der Waals surface area (Å²) in [4.78, 5) is 17.9. The van der Waals surface area contributed by atoms with Crippen molar-refractivity contribution in [1.29, 1.82) is 0 Å². The molecule has 0 saturated heterocycles. The molecule has 0 aromatic heterocycles. The van der Waals surface area contributed by atoms with Crippen molar-refractivity contribution in [2.24, 2.45) is 4.99 Å². The van der Waals surface area contributed by atoms with E-state index in [1.807, 2.05) is 44.7 Å². The maximum atomic E-state index is 12.0. The van der Waals surface area contributed by atoms with E-state index < -0.39 is 5.60 Å². The third-order valence-electron chi connectivity index (χ3n) is 3.79. The molecule has 1 atom stereocenters. The Hall–Kier alpha value is -1.89. The second-order valence-corrected chi connectivity index (χ2v) is 8.78.